The summed E-state index contributed by atoms with van der Waals surface area (Å²) in [6, 6.07) is 6.80. The van der Waals surface area contributed by atoms with E-state index in [2.05, 4.69) is 69.0 Å². The maximum Gasteiger partial charge on any atom is 0.0465 e. The van der Waals surface area contributed by atoms with Gasteiger partial charge in [0.1, 0.15) is 0 Å². The largest absolute Gasteiger partial charge is 0.385 e. The molecule has 96 valence electrons. The highest BCUT2D eigenvalue weighted by atomic mass is 127. The molecular weight excluding hydrogens is 393 g/mol. The van der Waals surface area contributed by atoms with E-state index in [1.165, 1.54) is 9.13 Å². The van der Waals surface area contributed by atoms with Crippen molar-refractivity contribution in [3.8, 4) is 0 Å². The zero-order valence-electron chi connectivity index (χ0n) is 10.5. The van der Waals surface area contributed by atoms with Crippen LogP contribution >= 0.6 is 38.5 Å². The summed E-state index contributed by atoms with van der Waals surface area (Å²) in [6.45, 7) is 3.07. The normalized spacial score (nSPS) is 14.6. The van der Waals surface area contributed by atoms with Gasteiger partial charge in [0, 0.05) is 27.8 Å². The predicted octanol–water partition coefficient (Wildman–Crippen LogP) is 3.99. The van der Waals surface area contributed by atoms with Gasteiger partial charge in [-0.05, 0) is 65.7 Å². The number of halogens is 2. The molecular formula is C13H19BrINO. The fraction of sp³-hybridized carbons (Fsp3) is 0.538. The molecule has 2 nitrogen and oxygen atoms in total. The maximum absolute atomic E-state index is 5.16. The van der Waals surface area contributed by atoms with E-state index in [9.17, 15) is 0 Å². The van der Waals surface area contributed by atoms with E-state index in [4.69, 9.17) is 4.74 Å². The molecule has 0 heterocycles. The van der Waals surface area contributed by atoms with Crippen molar-refractivity contribution in [1.29, 1.82) is 0 Å². The summed E-state index contributed by atoms with van der Waals surface area (Å²) in [5.41, 5.74) is 1.35. The summed E-state index contributed by atoms with van der Waals surface area (Å²) >= 11 is 5.93. The monoisotopic (exact) mass is 411 g/mol. The zero-order chi connectivity index (χ0) is 12.8. The molecule has 0 aliphatic heterocycles. The number of hydrogen-bond donors (Lipinski definition) is 1. The fourth-order valence-electron chi connectivity index (χ4n) is 1.97. The second-order valence-electron chi connectivity index (χ2n) is 4.19. The lowest BCUT2D eigenvalue weighted by atomic mass is 9.92. The summed E-state index contributed by atoms with van der Waals surface area (Å²) < 4.78 is 7.59. The second-order valence-corrected chi connectivity index (χ2v) is 6.27. The molecule has 1 N–H and O–H groups in total. The Morgan fingerprint density at radius 1 is 1.47 bits per heavy atom. The van der Waals surface area contributed by atoms with Crippen molar-refractivity contribution in [3.63, 3.8) is 0 Å². The van der Waals surface area contributed by atoms with Crippen molar-refractivity contribution in [1.82, 2.24) is 5.32 Å². The summed E-state index contributed by atoms with van der Waals surface area (Å²) in [5, 5.41) is 3.41. The van der Waals surface area contributed by atoms with Crippen LogP contribution in [0.15, 0.2) is 22.7 Å². The van der Waals surface area contributed by atoms with Gasteiger partial charge in [0.25, 0.3) is 0 Å². The van der Waals surface area contributed by atoms with Crippen LogP contribution in [0.3, 0.4) is 0 Å². The molecule has 2 atom stereocenters. The predicted molar refractivity (Wildman–Crippen MR) is 84.3 cm³/mol. The molecule has 0 radical (unpaired) electrons. The van der Waals surface area contributed by atoms with Gasteiger partial charge in [-0.25, -0.2) is 0 Å². The molecule has 0 aliphatic carbocycles. The number of benzene rings is 1. The van der Waals surface area contributed by atoms with Crippen molar-refractivity contribution < 1.29 is 4.74 Å². The smallest absolute Gasteiger partial charge is 0.0465 e. The first kappa shape index (κ1) is 15.4. The topological polar surface area (TPSA) is 21.3 Å². The van der Waals surface area contributed by atoms with Gasteiger partial charge in [0.2, 0.25) is 0 Å². The number of hydrogen-bond acceptors (Lipinski definition) is 2. The van der Waals surface area contributed by atoms with Crippen LogP contribution < -0.4 is 5.32 Å². The van der Waals surface area contributed by atoms with E-state index < -0.39 is 0 Å². The van der Waals surface area contributed by atoms with Crippen molar-refractivity contribution >= 4 is 38.5 Å². The quantitative estimate of drug-likeness (QED) is 0.714. The molecule has 17 heavy (non-hydrogen) atoms. The average Bonchev–Trinajstić information content (AvgIpc) is 2.32. The molecule has 0 amide bonds. The first-order chi connectivity index (χ1) is 8.10. The molecule has 0 spiro atoms. The van der Waals surface area contributed by atoms with Crippen LogP contribution in [-0.4, -0.2) is 20.8 Å². The molecule has 0 bridgehead atoms. The number of ether oxygens (including phenoxy) is 1. The molecule has 0 aliphatic rings. The first-order valence-electron chi connectivity index (χ1n) is 5.71. The minimum Gasteiger partial charge on any atom is -0.385 e. The second kappa shape index (κ2) is 7.71. The van der Waals surface area contributed by atoms with Crippen molar-refractivity contribution in [3.05, 3.63) is 31.8 Å². The third kappa shape index (κ3) is 4.50. The van der Waals surface area contributed by atoms with E-state index in [0.29, 0.717) is 12.0 Å². The summed E-state index contributed by atoms with van der Waals surface area (Å²) in [4.78, 5) is 0. The van der Waals surface area contributed by atoms with Gasteiger partial charge < -0.3 is 10.1 Å². The van der Waals surface area contributed by atoms with Crippen LogP contribution in [0.1, 0.15) is 24.9 Å². The van der Waals surface area contributed by atoms with Gasteiger partial charge in [0.15, 0.2) is 0 Å². The number of methoxy groups -OCH3 is 1. The minimum atomic E-state index is 0.370. The Bertz CT molecular complexity index is 359. The number of rotatable bonds is 6. The average molecular weight is 412 g/mol. The molecule has 0 saturated carbocycles. The van der Waals surface area contributed by atoms with E-state index >= 15 is 0 Å². The van der Waals surface area contributed by atoms with Gasteiger partial charge in [-0.1, -0.05) is 22.9 Å². The summed E-state index contributed by atoms with van der Waals surface area (Å²) in [5.74, 6) is 0.544. The van der Waals surface area contributed by atoms with Crippen LogP contribution in [-0.2, 0) is 4.74 Å². The Morgan fingerprint density at radius 2 is 2.18 bits per heavy atom. The minimum absolute atomic E-state index is 0.370. The van der Waals surface area contributed by atoms with Crippen LogP contribution in [0, 0.1) is 9.49 Å². The lowest BCUT2D eigenvalue weighted by molar-refractivity contribution is 0.171. The van der Waals surface area contributed by atoms with E-state index in [1.54, 1.807) is 7.11 Å². The molecule has 2 unspecified atom stereocenters. The van der Waals surface area contributed by atoms with Crippen LogP contribution in [0.4, 0.5) is 0 Å². The third-order valence-electron chi connectivity index (χ3n) is 2.95. The Balaban J connectivity index is 2.88. The summed E-state index contributed by atoms with van der Waals surface area (Å²) in [7, 11) is 3.77. The highest BCUT2D eigenvalue weighted by Crippen LogP contribution is 2.30. The molecule has 4 heteroatoms. The molecule has 1 aromatic rings. The van der Waals surface area contributed by atoms with Gasteiger partial charge >= 0.3 is 0 Å². The third-order valence-corrected chi connectivity index (χ3v) is 4.43. The molecule has 0 fully saturated rings. The Hall–Kier alpha value is 0.350. The van der Waals surface area contributed by atoms with Gasteiger partial charge in [-0.2, -0.15) is 0 Å². The maximum atomic E-state index is 5.16. The molecule has 0 aromatic heterocycles. The first-order valence-corrected chi connectivity index (χ1v) is 7.58. The van der Waals surface area contributed by atoms with Crippen molar-refractivity contribution in [2.45, 2.75) is 19.4 Å². The standard InChI is InChI=1S/C13H19BrINO/c1-9(6-7-17-3)13(16-2)11-8-10(14)4-5-12(11)15/h4-5,8-9,13,16H,6-7H2,1-3H3. The SMILES string of the molecule is CNC(c1cc(Br)ccc1I)C(C)CCOC. The van der Waals surface area contributed by atoms with E-state index in [1.807, 2.05) is 7.05 Å². The van der Waals surface area contributed by atoms with Crippen LogP contribution in [0.5, 0.6) is 0 Å². The van der Waals surface area contributed by atoms with Gasteiger partial charge in [-0.3, -0.25) is 0 Å². The number of nitrogens with one attached hydrogen (secondary N) is 1. The van der Waals surface area contributed by atoms with Gasteiger partial charge in [0.05, 0.1) is 0 Å². The highest BCUT2D eigenvalue weighted by Gasteiger charge is 2.19. The molecule has 0 saturated heterocycles. The van der Waals surface area contributed by atoms with Crippen molar-refractivity contribution in [2.75, 3.05) is 20.8 Å². The van der Waals surface area contributed by atoms with Crippen LogP contribution in [0.25, 0.3) is 0 Å². The highest BCUT2D eigenvalue weighted by molar-refractivity contribution is 14.1. The summed E-state index contributed by atoms with van der Waals surface area (Å²) in [6.07, 6.45) is 1.06. The fourth-order valence-corrected chi connectivity index (χ4v) is 3.02. The van der Waals surface area contributed by atoms with Crippen LogP contribution in [0.2, 0.25) is 0 Å². The Labute approximate surface area is 126 Å². The van der Waals surface area contributed by atoms with Crippen molar-refractivity contribution in [2.24, 2.45) is 5.92 Å². The Kier molecular flexibility index (Phi) is 6.99. The lowest BCUT2D eigenvalue weighted by Crippen LogP contribution is -2.25. The Morgan fingerprint density at radius 3 is 2.76 bits per heavy atom. The lowest BCUT2D eigenvalue weighted by Gasteiger charge is -2.25. The van der Waals surface area contributed by atoms with E-state index in [0.717, 1.165) is 17.5 Å². The molecule has 1 rings (SSSR count). The van der Waals surface area contributed by atoms with E-state index in [-0.39, 0.29) is 0 Å². The zero-order valence-corrected chi connectivity index (χ0v) is 14.2. The molecule has 1 aromatic carbocycles. The van der Waals surface area contributed by atoms with Gasteiger partial charge in [-0.15, -0.1) is 0 Å².